The van der Waals surface area contributed by atoms with Crippen LogP contribution in [0.1, 0.15) is 31.7 Å². The van der Waals surface area contributed by atoms with Crippen LogP contribution in [0, 0.1) is 6.92 Å². The van der Waals surface area contributed by atoms with E-state index in [1.165, 1.54) is 9.87 Å². The first-order chi connectivity index (χ1) is 17.8. The lowest BCUT2D eigenvalue weighted by molar-refractivity contribution is -0.190. The molecule has 10 heteroatoms. The van der Waals surface area contributed by atoms with Gasteiger partial charge in [-0.3, -0.25) is 9.69 Å². The Kier molecular flexibility index (Phi) is 10.0. The van der Waals surface area contributed by atoms with Gasteiger partial charge in [-0.15, -0.1) is 0 Å². The normalized spacial score (nSPS) is 20.0. The first kappa shape index (κ1) is 28.1. The van der Waals surface area contributed by atoms with Crippen molar-refractivity contribution in [2.45, 2.75) is 60.1 Å². The molecule has 202 valence electrons. The monoisotopic (exact) mass is 548 g/mol. The number of carbonyl (C=O) groups is 1. The van der Waals surface area contributed by atoms with Crippen LogP contribution < -0.4 is 0 Å². The molecule has 1 unspecified atom stereocenters. The number of rotatable bonds is 10. The van der Waals surface area contributed by atoms with E-state index >= 15 is 0 Å². The van der Waals surface area contributed by atoms with Gasteiger partial charge in [-0.25, -0.2) is 8.42 Å². The smallest absolute Gasteiger partial charge is 0.326 e. The van der Waals surface area contributed by atoms with Gasteiger partial charge in [-0.2, -0.15) is 4.31 Å². The number of ether oxygens (including phenoxy) is 3. The second-order valence-corrected chi connectivity index (χ2v) is 12.4. The van der Waals surface area contributed by atoms with Crippen molar-refractivity contribution in [2.75, 3.05) is 46.0 Å². The Labute approximate surface area is 224 Å². The van der Waals surface area contributed by atoms with E-state index < -0.39 is 28.3 Å². The molecule has 2 aliphatic rings. The first-order valence-electron chi connectivity index (χ1n) is 12.8. The largest absolute Gasteiger partial charge is 0.435 e. The Hall–Kier alpha value is -1.95. The third-order valence-electron chi connectivity index (χ3n) is 6.59. The van der Waals surface area contributed by atoms with Gasteiger partial charge < -0.3 is 14.2 Å². The van der Waals surface area contributed by atoms with Gasteiger partial charge in [0, 0.05) is 42.4 Å². The maximum atomic E-state index is 13.8. The van der Waals surface area contributed by atoms with Crippen LogP contribution in [0.5, 0.6) is 0 Å². The molecule has 0 saturated carbocycles. The number of hydrogen-bond acceptors (Lipinski definition) is 8. The van der Waals surface area contributed by atoms with E-state index in [0.29, 0.717) is 32.8 Å². The topological polar surface area (TPSA) is 85.4 Å². The van der Waals surface area contributed by atoms with E-state index in [1.807, 2.05) is 31.2 Å². The van der Waals surface area contributed by atoms with Crippen molar-refractivity contribution in [3.63, 3.8) is 0 Å². The lowest BCUT2D eigenvalue weighted by Crippen LogP contribution is -2.49. The maximum absolute atomic E-state index is 13.8. The van der Waals surface area contributed by atoms with Crippen molar-refractivity contribution in [3.05, 3.63) is 54.1 Å². The highest BCUT2D eigenvalue weighted by Crippen LogP contribution is 2.29. The van der Waals surface area contributed by atoms with E-state index in [1.54, 1.807) is 43.0 Å². The summed E-state index contributed by atoms with van der Waals surface area (Å²) in [6.45, 7) is 7.53. The van der Waals surface area contributed by atoms with Crippen LogP contribution >= 0.6 is 11.8 Å². The zero-order chi connectivity index (χ0) is 26.3. The minimum Gasteiger partial charge on any atom is -0.435 e. The highest BCUT2D eigenvalue weighted by Gasteiger charge is 2.35. The fraction of sp³-hybridized carbons (Fsp3) is 0.519. The average Bonchev–Trinajstić information content (AvgIpc) is 2.91. The fourth-order valence-corrected chi connectivity index (χ4v) is 6.69. The Bertz CT molecular complexity index is 1110. The minimum absolute atomic E-state index is 0.149. The molecule has 2 atom stereocenters. The van der Waals surface area contributed by atoms with E-state index in [2.05, 4.69) is 4.90 Å². The standard InChI is InChI=1S/C27H36N2O6S2/c1-21-6-8-23(9-7-21)36-24-10-12-25(13-11-24)37(31,32)29(15-14-28-16-19-33-20-17-28)22(2)27(30)35-26-5-3-4-18-34-26/h6-13,22,26H,3-5,14-20H2,1-2H3/t22-,26?/m1/s1. The number of sulfonamides is 1. The molecule has 2 aromatic rings. The van der Waals surface area contributed by atoms with Gasteiger partial charge in [0.05, 0.1) is 24.7 Å². The molecule has 2 fully saturated rings. The Morgan fingerprint density at radius 2 is 1.70 bits per heavy atom. The van der Waals surface area contributed by atoms with Crippen molar-refractivity contribution in [1.82, 2.24) is 9.21 Å². The number of hydrogen-bond donors (Lipinski definition) is 0. The molecule has 2 saturated heterocycles. The van der Waals surface area contributed by atoms with Crippen LogP contribution in [-0.2, 0) is 29.0 Å². The van der Waals surface area contributed by atoms with Gasteiger partial charge >= 0.3 is 5.97 Å². The van der Waals surface area contributed by atoms with Gasteiger partial charge in [-0.1, -0.05) is 29.5 Å². The van der Waals surface area contributed by atoms with Crippen LogP contribution in [-0.4, -0.2) is 81.9 Å². The summed E-state index contributed by atoms with van der Waals surface area (Å²) in [6.07, 6.45) is 1.85. The lowest BCUT2D eigenvalue weighted by atomic mass is 10.2. The number of morpholine rings is 1. The Morgan fingerprint density at radius 1 is 1.05 bits per heavy atom. The van der Waals surface area contributed by atoms with E-state index in [9.17, 15) is 13.2 Å². The average molecular weight is 549 g/mol. The summed E-state index contributed by atoms with van der Waals surface area (Å²) in [7, 11) is -3.96. The van der Waals surface area contributed by atoms with Crippen LogP contribution in [0.3, 0.4) is 0 Å². The van der Waals surface area contributed by atoms with E-state index in [-0.39, 0.29) is 11.4 Å². The number of benzene rings is 2. The zero-order valence-corrected chi connectivity index (χ0v) is 23.1. The quantitative estimate of drug-likeness (QED) is 0.413. The highest BCUT2D eigenvalue weighted by atomic mass is 32.2. The Morgan fingerprint density at radius 3 is 2.32 bits per heavy atom. The van der Waals surface area contributed by atoms with Crippen molar-refractivity contribution >= 4 is 27.8 Å². The van der Waals surface area contributed by atoms with Gasteiger partial charge in [-0.05, 0) is 63.1 Å². The van der Waals surface area contributed by atoms with Crippen molar-refractivity contribution in [1.29, 1.82) is 0 Å². The molecule has 0 spiro atoms. The SMILES string of the molecule is Cc1ccc(Sc2ccc(S(=O)(=O)N(CCN3CCOCC3)[C@H](C)C(=O)OC3CCCCO3)cc2)cc1. The molecule has 0 amide bonds. The molecular formula is C27H36N2O6S2. The highest BCUT2D eigenvalue weighted by molar-refractivity contribution is 7.99. The third kappa shape index (κ3) is 7.78. The van der Waals surface area contributed by atoms with Crippen molar-refractivity contribution < 1.29 is 27.4 Å². The molecule has 2 aliphatic heterocycles. The summed E-state index contributed by atoms with van der Waals surface area (Å²) in [5.41, 5.74) is 1.19. The maximum Gasteiger partial charge on any atom is 0.326 e. The molecule has 37 heavy (non-hydrogen) atoms. The zero-order valence-electron chi connectivity index (χ0n) is 21.5. The van der Waals surface area contributed by atoms with Gasteiger partial charge in [0.25, 0.3) is 0 Å². The molecule has 8 nitrogen and oxygen atoms in total. The predicted octanol–water partition coefficient (Wildman–Crippen LogP) is 3.93. The fourth-order valence-electron chi connectivity index (χ4n) is 4.29. The summed E-state index contributed by atoms with van der Waals surface area (Å²) >= 11 is 1.57. The van der Waals surface area contributed by atoms with Crippen LogP contribution in [0.4, 0.5) is 0 Å². The number of nitrogens with zero attached hydrogens (tertiary/aromatic N) is 2. The number of carbonyl (C=O) groups excluding carboxylic acids is 1. The minimum atomic E-state index is -3.96. The molecule has 0 radical (unpaired) electrons. The summed E-state index contributed by atoms with van der Waals surface area (Å²) in [5.74, 6) is -0.594. The predicted molar refractivity (Wildman–Crippen MR) is 142 cm³/mol. The number of esters is 1. The van der Waals surface area contributed by atoms with Gasteiger partial charge in [0.15, 0.2) is 0 Å². The molecule has 2 aromatic carbocycles. The molecule has 0 bridgehead atoms. The first-order valence-corrected chi connectivity index (χ1v) is 15.1. The summed E-state index contributed by atoms with van der Waals surface area (Å²) in [4.78, 5) is 17.3. The van der Waals surface area contributed by atoms with Gasteiger partial charge in [0.2, 0.25) is 16.3 Å². The van der Waals surface area contributed by atoms with E-state index in [4.69, 9.17) is 14.2 Å². The van der Waals surface area contributed by atoms with Crippen molar-refractivity contribution in [3.8, 4) is 0 Å². The second-order valence-electron chi connectivity index (χ2n) is 9.37. The lowest BCUT2D eigenvalue weighted by Gasteiger charge is -2.32. The molecular weight excluding hydrogens is 512 g/mol. The van der Waals surface area contributed by atoms with E-state index in [0.717, 1.165) is 35.7 Å². The van der Waals surface area contributed by atoms with Gasteiger partial charge in [0.1, 0.15) is 6.04 Å². The molecule has 0 aliphatic carbocycles. The van der Waals surface area contributed by atoms with Crippen LogP contribution in [0.15, 0.2) is 63.2 Å². The molecule has 4 rings (SSSR count). The van der Waals surface area contributed by atoms with Crippen molar-refractivity contribution in [2.24, 2.45) is 0 Å². The summed E-state index contributed by atoms with van der Waals surface area (Å²) in [5, 5.41) is 0. The molecule has 0 aromatic heterocycles. The van der Waals surface area contributed by atoms with Crippen LogP contribution in [0.2, 0.25) is 0 Å². The Balaban J connectivity index is 1.50. The second kappa shape index (κ2) is 13.2. The number of aryl methyl sites for hydroxylation is 1. The molecule has 0 N–H and O–H groups in total. The molecule has 2 heterocycles. The summed E-state index contributed by atoms with van der Waals surface area (Å²) < 4.78 is 45.3. The van der Waals surface area contributed by atoms with Crippen LogP contribution in [0.25, 0.3) is 0 Å². The summed E-state index contributed by atoms with van der Waals surface area (Å²) in [6, 6.07) is 14.0. The third-order valence-corrected chi connectivity index (χ3v) is 9.59.